The number of carbonyl (C=O) groups is 1. The fourth-order valence-electron chi connectivity index (χ4n) is 2.89. The van der Waals surface area contributed by atoms with Gasteiger partial charge in [0.2, 0.25) is 0 Å². The van der Waals surface area contributed by atoms with Gasteiger partial charge in [0.1, 0.15) is 17.2 Å². The number of halogens is 1. The van der Waals surface area contributed by atoms with E-state index in [0.717, 1.165) is 16.9 Å². The van der Waals surface area contributed by atoms with Crippen molar-refractivity contribution in [3.05, 3.63) is 52.0 Å². The number of ether oxygens (including phenoxy) is 3. The Balaban J connectivity index is 2.59. The Bertz CT molecular complexity index is 838. The maximum Gasteiger partial charge on any atom is 0.343 e. The second-order valence-electron chi connectivity index (χ2n) is 8.79. The first kappa shape index (κ1) is 22.1. The van der Waals surface area contributed by atoms with Crippen molar-refractivity contribution in [3.63, 3.8) is 0 Å². The molecule has 0 saturated heterocycles. The highest BCUT2D eigenvalue weighted by Crippen LogP contribution is 2.43. The molecule has 0 bridgehead atoms. The monoisotopic (exact) mass is 404 g/mol. The van der Waals surface area contributed by atoms with E-state index in [1.54, 1.807) is 25.3 Å². The molecule has 0 aliphatic carbocycles. The molecule has 0 fully saturated rings. The largest absolute Gasteiger partial charge is 0.497 e. The minimum absolute atomic E-state index is 0.248. The standard InChI is InChI=1S/C23H29ClO4/c1-22(2,3)16-12-15(26-7)13-17(23(4,5)6)20(16)28-21(25)14-9-10-19(27-8)18(24)11-14/h9-13H,1-8H3. The summed E-state index contributed by atoms with van der Waals surface area (Å²) in [6.07, 6.45) is 0. The van der Waals surface area contributed by atoms with E-state index in [1.807, 2.05) is 12.1 Å². The van der Waals surface area contributed by atoms with Crippen LogP contribution in [0.3, 0.4) is 0 Å². The number of carbonyl (C=O) groups excluding carboxylic acids is 1. The van der Waals surface area contributed by atoms with Crippen LogP contribution < -0.4 is 14.2 Å². The lowest BCUT2D eigenvalue weighted by atomic mass is 9.79. The zero-order valence-corrected chi connectivity index (χ0v) is 18.7. The van der Waals surface area contributed by atoms with Gasteiger partial charge in [0, 0.05) is 11.1 Å². The van der Waals surface area contributed by atoms with E-state index in [1.165, 1.54) is 7.11 Å². The third kappa shape index (κ3) is 4.79. The molecule has 152 valence electrons. The predicted octanol–water partition coefficient (Wildman–Crippen LogP) is 6.17. The highest BCUT2D eigenvalue weighted by atomic mass is 35.5. The van der Waals surface area contributed by atoms with E-state index in [9.17, 15) is 4.79 Å². The second kappa shape index (κ2) is 8.04. The number of esters is 1. The summed E-state index contributed by atoms with van der Waals surface area (Å²) < 4.78 is 16.6. The summed E-state index contributed by atoms with van der Waals surface area (Å²) in [5, 5.41) is 0.360. The molecule has 0 aliphatic rings. The van der Waals surface area contributed by atoms with Crippen LogP contribution in [0.25, 0.3) is 0 Å². The average Bonchev–Trinajstić information content (AvgIpc) is 2.59. The fourth-order valence-corrected chi connectivity index (χ4v) is 3.15. The summed E-state index contributed by atoms with van der Waals surface area (Å²) in [4.78, 5) is 12.9. The van der Waals surface area contributed by atoms with Crippen LogP contribution >= 0.6 is 11.6 Å². The Morgan fingerprint density at radius 3 is 1.79 bits per heavy atom. The molecule has 0 N–H and O–H groups in total. The molecule has 2 aromatic rings. The van der Waals surface area contributed by atoms with Crippen molar-refractivity contribution in [2.45, 2.75) is 52.4 Å². The topological polar surface area (TPSA) is 44.8 Å². The van der Waals surface area contributed by atoms with Gasteiger partial charge in [-0.25, -0.2) is 4.79 Å². The third-order valence-corrected chi connectivity index (χ3v) is 4.79. The second-order valence-corrected chi connectivity index (χ2v) is 9.20. The van der Waals surface area contributed by atoms with E-state index < -0.39 is 5.97 Å². The van der Waals surface area contributed by atoms with Gasteiger partial charge in [-0.15, -0.1) is 0 Å². The van der Waals surface area contributed by atoms with Crippen LogP contribution in [0, 0.1) is 0 Å². The molecule has 0 radical (unpaired) electrons. The summed E-state index contributed by atoms with van der Waals surface area (Å²) in [5.41, 5.74) is 1.68. The normalized spacial score (nSPS) is 11.9. The Morgan fingerprint density at radius 2 is 1.39 bits per heavy atom. The Morgan fingerprint density at radius 1 is 0.857 bits per heavy atom. The van der Waals surface area contributed by atoms with Gasteiger partial charge in [-0.1, -0.05) is 53.1 Å². The first-order valence-corrected chi connectivity index (χ1v) is 9.55. The molecule has 5 heteroatoms. The lowest BCUT2D eigenvalue weighted by Gasteiger charge is -2.29. The number of benzene rings is 2. The quantitative estimate of drug-likeness (QED) is 0.451. The van der Waals surface area contributed by atoms with E-state index in [2.05, 4.69) is 41.5 Å². The molecule has 4 nitrogen and oxygen atoms in total. The number of hydrogen-bond acceptors (Lipinski definition) is 4. The van der Waals surface area contributed by atoms with Crippen molar-refractivity contribution in [2.24, 2.45) is 0 Å². The van der Waals surface area contributed by atoms with Crippen LogP contribution in [0.4, 0.5) is 0 Å². The molecule has 0 unspecified atom stereocenters. The van der Waals surface area contributed by atoms with Crippen molar-refractivity contribution in [1.29, 1.82) is 0 Å². The maximum atomic E-state index is 12.9. The molecular formula is C23H29ClO4. The molecule has 0 aliphatic heterocycles. The minimum atomic E-state index is -0.467. The Kier molecular flexibility index (Phi) is 6.34. The number of rotatable bonds is 4. The van der Waals surface area contributed by atoms with E-state index >= 15 is 0 Å². The smallest absolute Gasteiger partial charge is 0.343 e. The Labute approximate surface area is 172 Å². The van der Waals surface area contributed by atoms with Gasteiger partial charge < -0.3 is 14.2 Å². The molecule has 28 heavy (non-hydrogen) atoms. The molecule has 0 amide bonds. The third-order valence-electron chi connectivity index (χ3n) is 4.50. The Hall–Kier alpha value is -2.20. The first-order chi connectivity index (χ1) is 12.9. The van der Waals surface area contributed by atoms with Crippen LogP contribution in [0.1, 0.15) is 63.0 Å². The van der Waals surface area contributed by atoms with Gasteiger partial charge in [0.25, 0.3) is 0 Å². The van der Waals surface area contributed by atoms with Gasteiger partial charge in [0.05, 0.1) is 24.8 Å². The molecule has 0 saturated carbocycles. The van der Waals surface area contributed by atoms with Gasteiger partial charge in [-0.3, -0.25) is 0 Å². The van der Waals surface area contributed by atoms with Crippen LogP contribution in [0.15, 0.2) is 30.3 Å². The molecule has 2 rings (SSSR count). The summed E-state index contributed by atoms with van der Waals surface area (Å²) in [7, 11) is 3.17. The molecule has 0 spiro atoms. The number of methoxy groups -OCH3 is 2. The zero-order valence-electron chi connectivity index (χ0n) is 17.9. The highest BCUT2D eigenvalue weighted by molar-refractivity contribution is 6.32. The minimum Gasteiger partial charge on any atom is -0.497 e. The van der Waals surface area contributed by atoms with E-state index in [-0.39, 0.29) is 10.8 Å². The van der Waals surface area contributed by atoms with Crippen LogP contribution in [0.5, 0.6) is 17.2 Å². The molecule has 0 aromatic heterocycles. The lowest BCUT2D eigenvalue weighted by molar-refractivity contribution is 0.0728. The molecule has 0 atom stereocenters. The van der Waals surface area contributed by atoms with Crippen molar-refractivity contribution in [2.75, 3.05) is 14.2 Å². The fraction of sp³-hybridized carbons (Fsp3) is 0.435. The summed E-state index contributed by atoms with van der Waals surface area (Å²) in [6.45, 7) is 12.5. The van der Waals surface area contributed by atoms with Gasteiger partial charge in [-0.2, -0.15) is 0 Å². The summed E-state index contributed by atoms with van der Waals surface area (Å²) >= 11 is 6.17. The molecule has 2 aromatic carbocycles. The zero-order chi connectivity index (χ0) is 21.3. The van der Waals surface area contributed by atoms with Crippen molar-refractivity contribution >= 4 is 17.6 Å². The SMILES string of the molecule is COc1cc(C(C)(C)C)c(OC(=O)c2ccc(OC)c(Cl)c2)c(C(C)(C)C)c1. The summed E-state index contributed by atoms with van der Waals surface area (Å²) in [5.74, 6) is 1.35. The molecule has 0 heterocycles. The maximum absolute atomic E-state index is 12.9. The first-order valence-electron chi connectivity index (χ1n) is 9.17. The summed E-state index contributed by atoms with van der Waals surface area (Å²) in [6, 6.07) is 8.71. The van der Waals surface area contributed by atoms with E-state index in [4.69, 9.17) is 25.8 Å². The predicted molar refractivity (Wildman–Crippen MR) is 113 cm³/mol. The average molecular weight is 405 g/mol. The van der Waals surface area contributed by atoms with Crippen molar-refractivity contribution in [1.82, 2.24) is 0 Å². The highest BCUT2D eigenvalue weighted by Gasteiger charge is 2.30. The van der Waals surface area contributed by atoms with Gasteiger partial charge in [-0.05, 0) is 41.2 Å². The van der Waals surface area contributed by atoms with Crippen LogP contribution in [-0.4, -0.2) is 20.2 Å². The lowest BCUT2D eigenvalue weighted by Crippen LogP contribution is -2.22. The van der Waals surface area contributed by atoms with Crippen LogP contribution in [-0.2, 0) is 10.8 Å². The number of hydrogen-bond donors (Lipinski definition) is 0. The van der Waals surface area contributed by atoms with Gasteiger partial charge >= 0.3 is 5.97 Å². The molecular weight excluding hydrogens is 376 g/mol. The van der Waals surface area contributed by atoms with Crippen molar-refractivity contribution in [3.8, 4) is 17.2 Å². The van der Waals surface area contributed by atoms with Crippen molar-refractivity contribution < 1.29 is 19.0 Å². The van der Waals surface area contributed by atoms with E-state index in [0.29, 0.717) is 22.1 Å². The van der Waals surface area contributed by atoms with Gasteiger partial charge in [0.15, 0.2) is 0 Å². The van der Waals surface area contributed by atoms with Crippen LogP contribution in [0.2, 0.25) is 5.02 Å².